The number of ether oxygens (including phenoxy) is 1. The fourth-order valence-corrected chi connectivity index (χ4v) is 5.59. The number of rotatable bonds is 3. The van der Waals surface area contributed by atoms with Crippen molar-refractivity contribution < 1.29 is 9.53 Å². The first-order chi connectivity index (χ1) is 12.8. The van der Waals surface area contributed by atoms with Gasteiger partial charge in [0.25, 0.3) is 5.91 Å². The van der Waals surface area contributed by atoms with Crippen LogP contribution in [0.4, 0.5) is 5.82 Å². The zero-order chi connectivity index (χ0) is 17.5. The average molecular weight is 355 g/mol. The second kappa shape index (κ2) is 6.84. The van der Waals surface area contributed by atoms with Crippen LogP contribution in [0.15, 0.2) is 6.20 Å². The Morgan fingerprint density at radius 1 is 1.12 bits per heavy atom. The van der Waals surface area contributed by atoms with Crippen molar-refractivity contribution in [1.29, 1.82) is 0 Å². The van der Waals surface area contributed by atoms with Gasteiger partial charge in [-0.05, 0) is 67.9 Å². The predicted molar refractivity (Wildman–Crippen MR) is 100 cm³/mol. The van der Waals surface area contributed by atoms with E-state index in [0.29, 0.717) is 32.3 Å². The van der Waals surface area contributed by atoms with Crippen LogP contribution in [-0.4, -0.2) is 48.1 Å². The van der Waals surface area contributed by atoms with Crippen LogP contribution < -0.4 is 5.32 Å². The molecule has 0 unspecified atom stereocenters. The summed E-state index contributed by atoms with van der Waals surface area (Å²) in [5.41, 5.74) is 3.41. The van der Waals surface area contributed by atoms with Crippen LogP contribution in [0, 0.1) is 11.8 Å². The molecule has 26 heavy (non-hydrogen) atoms. The highest BCUT2D eigenvalue weighted by molar-refractivity contribution is 5.96. The quantitative estimate of drug-likeness (QED) is 0.905. The van der Waals surface area contributed by atoms with Gasteiger partial charge >= 0.3 is 0 Å². The largest absolute Gasteiger partial charge is 0.378 e. The van der Waals surface area contributed by atoms with Crippen molar-refractivity contribution in [3.8, 4) is 0 Å². The number of amides is 1. The van der Waals surface area contributed by atoms with Gasteiger partial charge in [-0.2, -0.15) is 0 Å². The molecule has 5 nitrogen and oxygen atoms in total. The summed E-state index contributed by atoms with van der Waals surface area (Å²) >= 11 is 0. The van der Waals surface area contributed by atoms with E-state index in [1.165, 1.54) is 49.7 Å². The lowest BCUT2D eigenvalue weighted by atomic mass is 9.88. The molecule has 5 heteroatoms. The maximum Gasteiger partial charge on any atom is 0.255 e. The van der Waals surface area contributed by atoms with Crippen LogP contribution >= 0.6 is 0 Å². The molecule has 0 spiro atoms. The number of carbonyl (C=O) groups excluding carboxylic acids is 1. The van der Waals surface area contributed by atoms with Crippen molar-refractivity contribution in [2.24, 2.45) is 11.8 Å². The van der Waals surface area contributed by atoms with Crippen molar-refractivity contribution in [1.82, 2.24) is 9.88 Å². The van der Waals surface area contributed by atoms with E-state index in [0.717, 1.165) is 36.1 Å². The number of anilines is 1. The second-order valence-electron chi connectivity index (χ2n) is 8.51. The summed E-state index contributed by atoms with van der Waals surface area (Å²) in [5, 5.41) is 3.79. The van der Waals surface area contributed by atoms with Crippen LogP contribution in [0.1, 0.15) is 60.0 Å². The molecule has 0 radical (unpaired) electrons. The Hall–Kier alpha value is -1.62. The summed E-state index contributed by atoms with van der Waals surface area (Å²) in [4.78, 5) is 19.7. The number of hydrogen-bond donors (Lipinski definition) is 1. The molecule has 2 bridgehead atoms. The zero-order valence-corrected chi connectivity index (χ0v) is 15.5. The molecule has 1 aromatic rings. The van der Waals surface area contributed by atoms with E-state index in [1.807, 2.05) is 11.1 Å². The van der Waals surface area contributed by atoms with Gasteiger partial charge in [-0.15, -0.1) is 0 Å². The number of morpholine rings is 1. The second-order valence-corrected chi connectivity index (χ2v) is 8.51. The first-order valence-corrected chi connectivity index (χ1v) is 10.4. The Bertz CT molecular complexity index is 699. The first kappa shape index (κ1) is 16.5. The molecule has 1 aromatic heterocycles. The predicted octanol–water partition coefficient (Wildman–Crippen LogP) is 3.03. The van der Waals surface area contributed by atoms with E-state index in [1.54, 1.807) is 0 Å². The molecule has 3 aliphatic carbocycles. The Morgan fingerprint density at radius 3 is 2.65 bits per heavy atom. The van der Waals surface area contributed by atoms with Crippen molar-refractivity contribution in [3.05, 3.63) is 22.9 Å². The van der Waals surface area contributed by atoms with E-state index in [-0.39, 0.29) is 5.91 Å². The number of pyridine rings is 1. The smallest absolute Gasteiger partial charge is 0.255 e. The number of hydrogen-bond acceptors (Lipinski definition) is 4. The molecule has 1 aliphatic heterocycles. The van der Waals surface area contributed by atoms with E-state index in [2.05, 4.69) is 5.32 Å². The van der Waals surface area contributed by atoms with E-state index >= 15 is 0 Å². The van der Waals surface area contributed by atoms with Crippen LogP contribution in [0.2, 0.25) is 0 Å². The Balaban J connectivity index is 1.42. The molecule has 140 valence electrons. The molecule has 0 aromatic carbocycles. The van der Waals surface area contributed by atoms with Gasteiger partial charge in [-0.3, -0.25) is 4.79 Å². The van der Waals surface area contributed by atoms with E-state index in [9.17, 15) is 4.79 Å². The molecule has 4 aliphatic rings. The van der Waals surface area contributed by atoms with Crippen LogP contribution in [0.3, 0.4) is 0 Å². The minimum atomic E-state index is 0.144. The normalized spacial score (nSPS) is 30.3. The van der Waals surface area contributed by atoms with Gasteiger partial charge in [-0.25, -0.2) is 4.98 Å². The highest BCUT2D eigenvalue weighted by Gasteiger charge is 2.40. The minimum absolute atomic E-state index is 0.144. The molecule has 1 N–H and O–H groups in total. The fraction of sp³-hybridized carbons (Fsp3) is 0.714. The maximum atomic E-state index is 13.0. The van der Waals surface area contributed by atoms with Gasteiger partial charge in [0.2, 0.25) is 0 Å². The third-order valence-corrected chi connectivity index (χ3v) is 6.99. The van der Waals surface area contributed by atoms with Gasteiger partial charge in [0.15, 0.2) is 0 Å². The third kappa shape index (κ3) is 2.90. The Kier molecular flexibility index (Phi) is 4.35. The minimum Gasteiger partial charge on any atom is -0.378 e. The number of fused-ring (bicyclic) bond motifs is 3. The number of aromatic nitrogens is 1. The fourth-order valence-electron chi connectivity index (χ4n) is 5.59. The summed E-state index contributed by atoms with van der Waals surface area (Å²) in [5.74, 6) is 2.97. The summed E-state index contributed by atoms with van der Waals surface area (Å²) in [6.07, 6.45) is 11.8. The molecule has 3 fully saturated rings. The van der Waals surface area contributed by atoms with Crippen molar-refractivity contribution in [2.75, 3.05) is 31.6 Å². The molecule has 3 atom stereocenters. The number of carbonyl (C=O) groups is 1. The van der Waals surface area contributed by atoms with Crippen molar-refractivity contribution in [2.45, 2.75) is 57.4 Å². The molecular formula is C21H29N3O2. The van der Waals surface area contributed by atoms with Gasteiger partial charge in [0.05, 0.1) is 18.8 Å². The molecule has 2 saturated carbocycles. The zero-order valence-electron chi connectivity index (χ0n) is 15.5. The van der Waals surface area contributed by atoms with Gasteiger partial charge < -0.3 is 15.0 Å². The standard InChI is InChI=1S/C21H29N3O2/c25-21(24-7-9-26-10-8-24)18-13-22-20(17-4-2-1-3-16(17)18)23-19-12-14-5-6-15(19)11-14/h13-15,19H,1-12H2,(H,22,23)/t14-,15+,19+/m0/s1. The maximum absolute atomic E-state index is 13.0. The molecular weight excluding hydrogens is 326 g/mol. The van der Waals surface area contributed by atoms with Crippen LogP contribution in [-0.2, 0) is 17.6 Å². The summed E-state index contributed by atoms with van der Waals surface area (Å²) in [6, 6.07) is 0.591. The highest BCUT2D eigenvalue weighted by atomic mass is 16.5. The molecule has 5 rings (SSSR count). The number of nitrogens with one attached hydrogen (secondary N) is 1. The topological polar surface area (TPSA) is 54.5 Å². The lowest BCUT2D eigenvalue weighted by molar-refractivity contribution is 0.0301. The Morgan fingerprint density at radius 2 is 1.92 bits per heavy atom. The summed E-state index contributed by atoms with van der Waals surface area (Å²) in [7, 11) is 0. The molecule has 1 amide bonds. The van der Waals surface area contributed by atoms with Gasteiger partial charge in [0.1, 0.15) is 5.82 Å². The first-order valence-electron chi connectivity index (χ1n) is 10.4. The third-order valence-electron chi connectivity index (χ3n) is 6.99. The van der Waals surface area contributed by atoms with E-state index < -0.39 is 0 Å². The lowest BCUT2D eigenvalue weighted by Crippen LogP contribution is -2.41. The molecule has 2 heterocycles. The van der Waals surface area contributed by atoms with Crippen LogP contribution in [0.25, 0.3) is 0 Å². The Labute approximate surface area is 155 Å². The SMILES string of the molecule is O=C(c1cnc(N[C@@H]2C[C@H]3CC[C@@H]2C3)c2c1CCCC2)N1CCOCC1. The number of nitrogens with zero attached hydrogens (tertiary/aromatic N) is 2. The lowest BCUT2D eigenvalue weighted by Gasteiger charge is -2.30. The summed E-state index contributed by atoms with van der Waals surface area (Å²) in [6.45, 7) is 2.67. The average Bonchev–Trinajstić information content (AvgIpc) is 3.32. The van der Waals surface area contributed by atoms with Crippen molar-refractivity contribution >= 4 is 11.7 Å². The van der Waals surface area contributed by atoms with E-state index in [4.69, 9.17) is 9.72 Å². The van der Waals surface area contributed by atoms with Crippen molar-refractivity contribution in [3.63, 3.8) is 0 Å². The molecule has 1 saturated heterocycles. The highest BCUT2D eigenvalue weighted by Crippen LogP contribution is 2.46. The van der Waals surface area contributed by atoms with Gasteiger partial charge in [0, 0.05) is 25.3 Å². The van der Waals surface area contributed by atoms with Crippen LogP contribution in [0.5, 0.6) is 0 Å². The summed E-state index contributed by atoms with van der Waals surface area (Å²) < 4.78 is 5.40. The monoisotopic (exact) mass is 355 g/mol. The van der Waals surface area contributed by atoms with Gasteiger partial charge in [-0.1, -0.05) is 6.42 Å².